The molecule has 3 heterocycles. The van der Waals surface area contributed by atoms with E-state index in [0.717, 1.165) is 16.0 Å². The molecule has 15 atom stereocenters. The number of para-hydroxylation sites is 1. The zero-order valence-corrected chi connectivity index (χ0v) is 76.6. The molecule has 1 aromatic heterocycles. The van der Waals surface area contributed by atoms with E-state index < -0.39 is 253 Å². The second-order valence-corrected chi connectivity index (χ2v) is 35.5. The van der Waals surface area contributed by atoms with Crippen LogP contribution in [0.2, 0.25) is 0 Å². The van der Waals surface area contributed by atoms with Crippen LogP contribution in [0.4, 0.5) is 0 Å². The number of likely N-dealkylation sites (N-methyl/N-ethyl adjacent to an activating group) is 1. The first-order valence-corrected chi connectivity index (χ1v) is 45.2. The lowest BCUT2D eigenvalue weighted by atomic mass is 9.98. The number of aliphatic hydroxyl groups excluding tert-OH is 1. The van der Waals surface area contributed by atoms with Gasteiger partial charge in [0.05, 0.1) is 18.8 Å². The number of hydrogen-bond acceptors (Lipinski definition) is 21. The molecule has 5 aromatic carbocycles. The predicted octanol–water partition coefficient (Wildman–Crippen LogP) is 0.303. The van der Waals surface area contributed by atoms with E-state index in [-0.39, 0.29) is 68.7 Å². The minimum absolute atomic E-state index is 0.0211. The summed E-state index contributed by atoms with van der Waals surface area (Å²) in [4.78, 5) is 264. The lowest BCUT2D eigenvalue weighted by molar-refractivity contribution is -0.148. The van der Waals surface area contributed by atoms with E-state index in [1.807, 2.05) is 30.3 Å². The highest BCUT2D eigenvalue weighted by Gasteiger charge is 2.43. The average Bonchev–Trinajstić information content (AvgIpc) is 1.70. The summed E-state index contributed by atoms with van der Waals surface area (Å²) < 4.78 is 0. The molecule has 39 nitrogen and oxygen atoms in total. The number of aromatic hydroxyl groups is 1. The van der Waals surface area contributed by atoms with Crippen LogP contribution in [0.5, 0.6) is 5.75 Å². The summed E-state index contributed by atoms with van der Waals surface area (Å²) >= 11 is 0.714. The van der Waals surface area contributed by atoms with Crippen LogP contribution in [0.15, 0.2) is 140 Å². The zero-order valence-electron chi connectivity index (χ0n) is 75.8. The van der Waals surface area contributed by atoms with Gasteiger partial charge in [0.15, 0.2) is 0 Å². The molecule has 2 aliphatic rings. The molecule has 16 amide bonds. The molecule has 2 fully saturated rings. The number of nitrogens with zero attached hydrogens (tertiary/aromatic N) is 2. The lowest BCUT2D eigenvalue weighted by Gasteiger charge is -2.33. The van der Waals surface area contributed by atoms with Gasteiger partial charge < -0.3 is 110 Å². The molecule has 0 radical (unpaired) electrons. The molecule has 0 unspecified atom stereocenters. The minimum atomic E-state index is -2.08. The highest BCUT2D eigenvalue weighted by Crippen LogP contribution is 2.26. The number of rotatable bonds is 23. The summed E-state index contributed by atoms with van der Waals surface area (Å²) in [6.07, 6.45) is -2.15. The quantitative estimate of drug-likeness (QED) is 0.0410. The molecule has 8 rings (SSSR count). The van der Waals surface area contributed by atoms with Crippen molar-refractivity contribution in [1.29, 1.82) is 0 Å². The van der Waals surface area contributed by atoms with Crippen LogP contribution in [0, 0.1) is 17.8 Å². The number of nitrogens with two attached hydrogens (primary N) is 1. The summed E-state index contributed by atoms with van der Waals surface area (Å²) in [5.41, 5.74) is 9.30. The van der Waals surface area contributed by atoms with Gasteiger partial charge in [0.25, 0.3) is 0 Å². The molecule has 20 N–H and O–H groups in total. The van der Waals surface area contributed by atoms with Gasteiger partial charge in [-0.1, -0.05) is 157 Å². The van der Waals surface area contributed by atoms with Crippen molar-refractivity contribution in [1.82, 2.24) is 83.9 Å². The van der Waals surface area contributed by atoms with Gasteiger partial charge in [0.1, 0.15) is 96.4 Å². The van der Waals surface area contributed by atoms with E-state index in [4.69, 9.17) is 5.73 Å². The Bertz CT molecular complexity index is 5140. The number of carbonyl (C=O) groups excluding carboxylic acids is 16. The maximum atomic E-state index is 15.5. The molecular weight excluding hydrogens is 1740 g/mol. The van der Waals surface area contributed by atoms with Crippen molar-refractivity contribution in [3.8, 4) is 16.9 Å². The Morgan fingerprint density at radius 3 is 1.50 bits per heavy atom. The molecule has 0 bridgehead atoms. The highest BCUT2D eigenvalue weighted by molar-refractivity contribution is 8.00. The number of aromatic nitrogens is 1. The van der Waals surface area contributed by atoms with E-state index in [1.165, 1.54) is 70.8 Å². The maximum Gasteiger partial charge on any atom is 0.305 e. The largest absolute Gasteiger partial charge is 0.508 e. The number of carbonyl (C=O) groups is 18. The summed E-state index contributed by atoms with van der Waals surface area (Å²) in [6, 6.07) is 12.6. The summed E-state index contributed by atoms with van der Waals surface area (Å²) in [6.45, 7) is 12.7. The Balaban J connectivity index is 1.19. The van der Waals surface area contributed by atoms with E-state index in [2.05, 4.69) is 74.1 Å². The van der Waals surface area contributed by atoms with Crippen molar-refractivity contribution >= 4 is 129 Å². The number of phenols is 1. The number of hydrogen-bond donors (Lipinski definition) is 19. The Morgan fingerprint density at radius 2 is 0.955 bits per heavy atom. The fourth-order valence-electron chi connectivity index (χ4n) is 15.1. The van der Waals surface area contributed by atoms with E-state index in [0.29, 0.717) is 39.4 Å². The normalized spacial score (nSPS) is 24.0. The fourth-order valence-corrected chi connectivity index (χ4v) is 16.0. The molecule has 2 saturated heterocycles. The molecular formula is C93H121N17O22S. The number of amides is 16. The van der Waals surface area contributed by atoms with Crippen LogP contribution in [0.1, 0.15) is 130 Å². The second-order valence-electron chi connectivity index (χ2n) is 34.5. The lowest BCUT2D eigenvalue weighted by Crippen LogP contribution is -2.61. The van der Waals surface area contributed by atoms with Crippen molar-refractivity contribution in [2.24, 2.45) is 23.5 Å². The Labute approximate surface area is 773 Å². The van der Waals surface area contributed by atoms with Crippen LogP contribution in [0.3, 0.4) is 0 Å². The summed E-state index contributed by atoms with van der Waals surface area (Å²) in [7, 11) is 1.22. The van der Waals surface area contributed by atoms with Crippen LogP contribution in [-0.4, -0.2) is 264 Å². The van der Waals surface area contributed by atoms with Crippen molar-refractivity contribution in [3.05, 3.63) is 162 Å². The summed E-state index contributed by atoms with van der Waals surface area (Å²) in [5, 5.41) is 75.6. The number of nitrogens with one attached hydrogen (secondary N) is 14. The van der Waals surface area contributed by atoms with E-state index in [9.17, 15) is 73.2 Å². The topological polar surface area (TPSA) is 593 Å². The number of aliphatic hydroxyl groups is 1. The maximum absolute atomic E-state index is 15.5. The van der Waals surface area contributed by atoms with Crippen molar-refractivity contribution < 1.29 is 107 Å². The molecule has 133 heavy (non-hydrogen) atoms. The average molecular weight is 1860 g/mol. The molecule has 0 saturated carbocycles. The van der Waals surface area contributed by atoms with Crippen molar-refractivity contribution in [3.63, 3.8) is 0 Å². The predicted molar refractivity (Wildman–Crippen MR) is 489 cm³/mol. The van der Waals surface area contributed by atoms with Crippen LogP contribution in [-0.2, 0) is 112 Å². The fraction of sp³-hybridized carbons (Fsp3) is 0.462. The highest BCUT2D eigenvalue weighted by atomic mass is 32.2. The van der Waals surface area contributed by atoms with E-state index >= 15 is 33.6 Å². The van der Waals surface area contributed by atoms with E-state index in [1.54, 1.807) is 113 Å². The number of primary amides is 1. The van der Waals surface area contributed by atoms with Gasteiger partial charge in [-0.25, -0.2) is 0 Å². The number of thioether (sulfide) groups is 1. The van der Waals surface area contributed by atoms with Gasteiger partial charge >= 0.3 is 11.9 Å². The molecule has 0 aliphatic carbocycles. The molecule has 0 spiro atoms. The molecule has 2 aliphatic heterocycles. The van der Waals surface area contributed by atoms with Gasteiger partial charge in [0, 0.05) is 68.5 Å². The number of benzene rings is 5. The number of H-pyrrole nitrogens is 1. The Morgan fingerprint density at radius 1 is 0.489 bits per heavy atom. The third kappa shape index (κ3) is 31.5. The number of phenolic OH excluding ortho intramolecular Hbond substituents is 1. The zero-order chi connectivity index (χ0) is 97.6. The number of carboxylic acid groups (broad SMARTS) is 2. The first-order valence-electron chi connectivity index (χ1n) is 44.0. The Hall–Kier alpha value is -13.8. The Kier molecular flexibility index (Phi) is 39.3. The van der Waals surface area contributed by atoms with Gasteiger partial charge in [-0.2, -0.15) is 0 Å². The first-order chi connectivity index (χ1) is 63.1. The number of carboxylic acids is 2. The monoisotopic (exact) mass is 1860 g/mol. The van der Waals surface area contributed by atoms with Crippen LogP contribution < -0.4 is 74.9 Å². The van der Waals surface area contributed by atoms with Gasteiger partial charge in [-0.15, -0.1) is 11.8 Å². The van der Waals surface area contributed by atoms with Gasteiger partial charge in [-0.05, 0) is 122 Å². The molecule has 40 heteroatoms. The van der Waals surface area contributed by atoms with Crippen molar-refractivity contribution in [2.75, 3.05) is 31.7 Å². The molecule has 6 aromatic rings. The van der Waals surface area contributed by atoms with Gasteiger partial charge in [0.2, 0.25) is 94.5 Å². The minimum Gasteiger partial charge on any atom is -0.508 e. The third-order valence-electron chi connectivity index (χ3n) is 22.6. The standard InChI is InChI=1S/C93H121N17O22S/c1-49(2)38-65-81(120)102-68(41-56-27-31-59(32-28-56)58-22-15-12-16-23-58)83(122)99-64(35-36-76(114)115)93(132)109(10)54(9)92(131)110-37-19-26-74(110)90(129)97-53(8)80(119)100-66(39-50(3)4)87(126)108-78(51(5)6)91(130)106-72(46-111)88(127)107-73(89(128)96-52(7)79(94)118)47-133-48-75(113)98-67(40-55-20-13-11-14-21-55)82(121)103-69(42-57-29-33-61(112)34-30-57)84(123)105-71(44-77(116)117)86(125)104-70(85(124)101-65)43-60-45-95-63-25-18-17-24-62(60)63/h11-18,20-25,27-34,45,49-54,64-74,78,95,111-112H,19,26,35-44,46-48H2,1-10H3,(H2,94,118)(H,96,128)(H,97,129)(H,98,113)(H,99,122)(H,100,119)(H,101,124)(H,102,120)(H,103,121)(H,104,125)(H,105,123)(H,106,130)(H,107,127)(H,108,126)(H,114,115)(H,116,117)/t52-,53-,54-,64-,65-,66-,67-,68-,69-,70-,71-,72-,73-,74+,78-/m0/s1. The smallest absolute Gasteiger partial charge is 0.305 e. The summed E-state index contributed by atoms with van der Waals surface area (Å²) in [5.74, 6) is -21.9. The van der Waals surface area contributed by atoms with Crippen LogP contribution >= 0.6 is 11.8 Å². The number of aromatic amines is 1. The number of fused-ring (bicyclic) bond motifs is 2. The second kappa shape index (κ2) is 50.0. The van der Waals surface area contributed by atoms with Crippen molar-refractivity contribution in [2.45, 2.75) is 224 Å². The third-order valence-corrected chi connectivity index (χ3v) is 23.7. The number of aliphatic carboxylic acids is 2. The SMILES string of the molecule is CC(C)C[C@@H]1NC(=O)[C@H](C)NC(=O)[C@H]2CCCN2C(=O)[C@H](C)N(C)C(=O)[C@H](CCC(=O)O)NC(=O)[C@H](Cc2ccc(-c3ccccc3)cc2)NC(=O)[C@H](CC(C)C)NC(=O)[C@H](Cc2c[nH]c3ccccc23)NC(=O)[C@H](CC(=O)O)NC(=O)[C@H](Cc2ccc(O)cc2)NC(=O)[C@H](Cc2ccccc2)NC(=O)CSC[C@@H](C(=O)N[C@@H](C)C(N)=O)NC(=O)[C@H](CO)NC(=O)[C@H](C(C)C)NC1=O. The molecule has 716 valence electrons. The van der Waals surface area contributed by atoms with Crippen LogP contribution in [0.25, 0.3) is 22.0 Å². The van der Waals surface area contributed by atoms with Gasteiger partial charge in [-0.3, -0.25) is 86.3 Å². The first kappa shape index (κ1) is 105.